The molecule has 0 saturated carbocycles. The Labute approximate surface area is 390 Å². The van der Waals surface area contributed by atoms with E-state index in [-0.39, 0.29) is 62.0 Å². The van der Waals surface area contributed by atoms with Crippen LogP contribution in [-0.2, 0) is 51.2 Å². The number of phenols is 1. The number of hydrogen-bond acceptors (Lipinski definition) is 12. The first-order valence-corrected chi connectivity index (χ1v) is 22.3. The molecule has 0 radical (unpaired) electrons. The molecule has 2 rings (SSSR count). The van der Waals surface area contributed by atoms with Crippen molar-refractivity contribution < 1.29 is 48.6 Å². The van der Waals surface area contributed by atoms with Crippen LogP contribution in [0.3, 0.4) is 0 Å². The number of carbonyl (C=O) groups excluding carboxylic acids is 7. The van der Waals surface area contributed by atoms with Gasteiger partial charge in [-0.25, -0.2) is 4.79 Å². The molecule has 15 N–H and O–H groups in total. The molecule has 2 aromatic carbocycles. The Kier molecular flexibility index (Phi) is 24.0. The van der Waals surface area contributed by atoms with Gasteiger partial charge in [-0.3, -0.25) is 38.6 Å². The molecule has 0 spiro atoms. The van der Waals surface area contributed by atoms with E-state index < -0.39 is 102 Å². The van der Waals surface area contributed by atoms with Gasteiger partial charge in [0.1, 0.15) is 42.0 Å². The van der Waals surface area contributed by atoms with E-state index in [2.05, 4.69) is 54.8 Å². The van der Waals surface area contributed by atoms with Crippen LogP contribution < -0.4 is 54.4 Å². The van der Waals surface area contributed by atoms with Crippen molar-refractivity contribution in [2.45, 2.75) is 115 Å². The molecule has 0 aliphatic heterocycles. The van der Waals surface area contributed by atoms with Gasteiger partial charge in [0.2, 0.25) is 41.4 Å². The molecule has 0 fully saturated rings. The number of carboxylic acids is 1. The molecule has 0 saturated heterocycles. The number of aliphatic carboxylic acids is 1. The number of thiol groups is 1. The van der Waals surface area contributed by atoms with Crippen molar-refractivity contribution >= 4 is 65.9 Å². The molecule has 364 valence electrons. The molecule has 0 unspecified atom stereocenters. The Morgan fingerprint density at radius 1 is 0.682 bits per heavy atom. The summed E-state index contributed by atoms with van der Waals surface area (Å²) in [6.45, 7) is 7.98. The highest BCUT2D eigenvalue weighted by atomic mass is 32.1. The van der Waals surface area contributed by atoms with Gasteiger partial charge in [0.05, 0.1) is 12.6 Å². The number of phenolic OH excluding ortho intramolecular Hbond substituents is 1. The highest BCUT2D eigenvalue weighted by Gasteiger charge is 2.34. The summed E-state index contributed by atoms with van der Waals surface area (Å²) in [5.74, 6) is -7.60. The third-order valence-electron chi connectivity index (χ3n) is 10.3. The van der Waals surface area contributed by atoms with Crippen LogP contribution >= 0.6 is 12.6 Å². The van der Waals surface area contributed by atoms with E-state index >= 15 is 0 Å². The van der Waals surface area contributed by atoms with Crippen LogP contribution in [0.5, 0.6) is 5.75 Å². The number of rotatable bonds is 28. The van der Waals surface area contributed by atoms with Crippen LogP contribution in [0.4, 0.5) is 0 Å². The molecule has 0 aromatic heterocycles. The lowest BCUT2D eigenvalue weighted by atomic mass is 9.98. The lowest BCUT2D eigenvalue weighted by molar-refractivity contribution is -0.143. The molecular weight excluding hydrogens is 875 g/mol. The van der Waals surface area contributed by atoms with Gasteiger partial charge in [-0.15, -0.1) is 0 Å². The zero-order valence-electron chi connectivity index (χ0n) is 38.0. The summed E-state index contributed by atoms with van der Waals surface area (Å²) in [5.41, 5.74) is 18.3. The molecule has 22 heteroatoms. The Balaban J connectivity index is 2.22. The highest BCUT2D eigenvalue weighted by molar-refractivity contribution is 7.80. The summed E-state index contributed by atoms with van der Waals surface area (Å²) in [4.78, 5) is 110. The maximum absolute atomic E-state index is 14.1. The molecule has 0 aliphatic carbocycles. The topological polar surface area (TPSA) is 352 Å². The van der Waals surface area contributed by atoms with Crippen molar-refractivity contribution in [1.82, 2.24) is 37.2 Å². The Hall–Kier alpha value is -6.42. The molecule has 0 heterocycles. The standard InChI is InChI=1S/C44H67N11O10S/c1-6-25(4)36(43(64)65)55-41(62)33(21-28-14-16-29(56)17-15-28)53-39(60)31(13-10-18-48-44(46)47)51-40(61)32(19-24(2)3)52-42(63)34(23-66)54-37(58)26(5)50-35(57)22-49-38(59)30(45)20-27-11-8-7-9-12-27/h7-9,11-12,14-17,24-26,30-34,36,56,66H,6,10,13,18-23,45H2,1-5H3,(H,49,59)(H,50,57)(H,51,61)(H,52,63)(H,53,60)(H,54,58)(H,55,62)(H,64,65)(H4,46,47,48)/t25-,26-,30-,31-,32-,33-,34-,36-/m0/s1. The Morgan fingerprint density at radius 3 is 1.80 bits per heavy atom. The fourth-order valence-corrected chi connectivity index (χ4v) is 6.67. The quantitative estimate of drug-likeness (QED) is 0.0205. The number of carboxylic acid groups (broad SMARTS) is 1. The molecule has 21 nitrogen and oxygen atoms in total. The van der Waals surface area contributed by atoms with Gasteiger partial charge >= 0.3 is 5.97 Å². The predicted octanol–water partition coefficient (Wildman–Crippen LogP) is -1.29. The lowest BCUT2D eigenvalue weighted by Crippen LogP contribution is -2.60. The summed E-state index contributed by atoms with van der Waals surface area (Å²) < 4.78 is 0. The summed E-state index contributed by atoms with van der Waals surface area (Å²) in [6, 6.07) is 6.35. The zero-order chi connectivity index (χ0) is 49.5. The Morgan fingerprint density at radius 2 is 1.23 bits per heavy atom. The van der Waals surface area contributed by atoms with Gasteiger partial charge in [-0.1, -0.05) is 76.6 Å². The third-order valence-corrected chi connectivity index (χ3v) is 10.7. The fourth-order valence-electron chi connectivity index (χ4n) is 6.41. The first-order chi connectivity index (χ1) is 31.1. The van der Waals surface area contributed by atoms with E-state index in [0.717, 1.165) is 5.56 Å². The number of benzene rings is 2. The number of aliphatic imine (C=N–C) groups is 1. The highest BCUT2D eigenvalue weighted by Crippen LogP contribution is 2.14. The van der Waals surface area contributed by atoms with E-state index in [1.807, 2.05) is 30.3 Å². The van der Waals surface area contributed by atoms with Crippen LogP contribution in [0.2, 0.25) is 0 Å². The average Bonchev–Trinajstić information content (AvgIpc) is 3.26. The van der Waals surface area contributed by atoms with Crippen LogP contribution in [0.1, 0.15) is 71.4 Å². The second-order valence-electron chi connectivity index (χ2n) is 16.4. The minimum absolute atomic E-state index is 0.0420. The monoisotopic (exact) mass is 941 g/mol. The smallest absolute Gasteiger partial charge is 0.326 e. The average molecular weight is 942 g/mol. The number of nitrogens with two attached hydrogens (primary N) is 3. The van der Waals surface area contributed by atoms with Gasteiger partial charge in [-0.05, 0) is 67.7 Å². The van der Waals surface area contributed by atoms with Crippen molar-refractivity contribution in [3.05, 3.63) is 65.7 Å². The van der Waals surface area contributed by atoms with Gasteiger partial charge in [0.15, 0.2) is 5.96 Å². The minimum atomic E-state index is -1.34. The van der Waals surface area contributed by atoms with Crippen LogP contribution in [0, 0.1) is 11.8 Å². The van der Waals surface area contributed by atoms with E-state index in [9.17, 15) is 48.6 Å². The van der Waals surface area contributed by atoms with E-state index in [4.69, 9.17) is 17.2 Å². The number of nitrogens with zero attached hydrogens (tertiary/aromatic N) is 1. The summed E-state index contributed by atoms with van der Waals surface area (Å²) in [7, 11) is 0. The minimum Gasteiger partial charge on any atom is -0.508 e. The maximum atomic E-state index is 14.1. The summed E-state index contributed by atoms with van der Waals surface area (Å²) in [6.07, 6.45) is 0.771. The van der Waals surface area contributed by atoms with Crippen LogP contribution in [0.25, 0.3) is 0 Å². The second kappa shape index (κ2) is 28.5. The van der Waals surface area contributed by atoms with Crippen molar-refractivity contribution in [3.8, 4) is 5.75 Å². The van der Waals surface area contributed by atoms with Gasteiger partial charge in [-0.2, -0.15) is 12.6 Å². The van der Waals surface area contributed by atoms with Crippen molar-refractivity contribution in [2.24, 2.45) is 34.0 Å². The van der Waals surface area contributed by atoms with Gasteiger partial charge < -0.3 is 64.6 Å². The van der Waals surface area contributed by atoms with Crippen molar-refractivity contribution in [2.75, 3.05) is 18.8 Å². The van der Waals surface area contributed by atoms with E-state index in [0.29, 0.717) is 12.0 Å². The first-order valence-electron chi connectivity index (χ1n) is 21.7. The molecule has 7 amide bonds. The number of nitrogens with one attached hydrogen (secondary N) is 7. The van der Waals surface area contributed by atoms with E-state index in [1.165, 1.54) is 31.2 Å². The molecule has 2 aromatic rings. The van der Waals surface area contributed by atoms with Gasteiger partial charge in [0.25, 0.3) is 0 Å². The lowest BCUT2D eigenvalue weighted by Gasteiger charge is -2.28. The number of aromatic hydroxyl groups is 1. The van der Waals surface area contributed by atoms with E-state index in [1.54, 1.807) is 27.7 Å². The zero-order valence-corrected chi connectivity index (χ0v) is 38.9. The van der Waals surface area contributed by atoms with Crippen LogP contribution in [-0.4, -0.2) is 125 Å². The summed E-state index contributed by atoms with van der Waals surface area (Å²) in [5, 5.41) is 37.5. The number of guanidine groups is 1. The normalized spacial score (nSPS) is 14.6. The maximum Gasteiger partial charge on any atom is 0.326 e. The molecular formula is C44H67N11O10S. The Bertz CT molecular complexity index is 1970. The van der Waals surface area contributed by atoms with Gasteiger partial charge in [0, 0.05) is 18.7 Å². The number of carbonyl (C=O) groups is 8. The van der Waals surface area contributed by atoms with Crippen molar-refractivity contribution in [1.29, 1.82) is 0 Å². The largest absolute Gasteiger partial charge is 0.508 e. The predicted molar refractivity (Wildman–Crippen MR) is 251 cm³/mol. The first kappa shape index (κ1) is 55.7. The molecule has 8 atom stereocenters. The number of hydrogen-bond donors (Lipinski definition) is 13. The second-order valence-corrected chi connectivity index (χ2v) is 16.8. The molecule has 0 bridgehead atoms. The summed E-state index contributed by atoms with van der Waals surface area (Å²) >= 11 is 4.22. The van der Waals surface area contributed by atoms with Crippen LogP contribution in [0.15, 0.2) is 59.6 Å². The number of amides is 7. The SMILES string of the molecule is CC[C@H](C)[C@H](NC(=O)[C@H](Cc1ccc(O)cc1)NC(=O)[C@H](CCCN=C(N)N)NC(=O)[C@H](CC(C)C)NC(=O)[C@H](CS)NC(=O)[C@H](C)NC(=O)CNC(=O)[C@@H](N)Cc1ccccc1)C(=O)O. The fraction of sp³-hybridized carbons (Fsp3) is 0.523. The molecule has 66 heavy (non-hydrogen) atoms. The van der Waals surface area contributed by atoms with Crippen molar-refractivity contribution in [3.63, 3.8) is 0 Å². The molecule has 0 aliphatic rings. The third kappa shape index (κ3) is 20.2.